The molecule has 1 aromatic rings. The van der Waals surface area contributed by atoms with E-state index < -0.39 is 10.5 Å². The van der Waals surface area contributed by atoms with E-state index in [1.165, 1.54) is 18.2 Å². The summed E-state index contributed by atoms with van der Waals surface area (Å²) >= 11 is 5.85. The summed E-state index contributed by atoms with van der Waals surface area (Å²) in [5, 5.41) is 23.5. The van der Waals surface area contributed by atoms with E-state index in [0.717, 1.165) is 0 Å². The minimum Gasteiger partial charge on any atom is -0.483 e. The van der Waals surface area contributed by atoms with Crippen molar-refractivity contribution in [3.05, 3.63) is 33.3 Å². The number of nitro benzene ring substituents is 1. The van der Waals surface area contributed by atoms with Crippen LogP contribution >= 0.6 is 11.6 Å². The molecule has 2 rings (SSSR count). The zero-order valence-electron chi connectivity index (χ0n) is 10.9. The van der Waals surface area contributed by atoms with E-state index in [4.69, 9.17) is 16.3 Å². The Morgan fingerprint density at radius 1 is 1.65 bits per heavy atom. The first-order valence-electron chi connectivity index (χ1n) is 6.20. The molecule has 7 heteroatoms. The Balaban J connectivity index is 2.18. The van der Waals surface area contributed by atoms with Gasteiger partial charge in [-0.3, -0.25) is 10.1 Å². The van der Waals surface area contributed by atoms with Crippen LogP contribution in [0.25, 0.3) is 0 Å². The molecule has 20 heavy (non-hydrogen) atoms. The molecule has 2 unspecified atom stereocenters. The van der Waals surface area contributed by atoms with Gasteiger partial charge in [0.05, 0.1) is 11.0 Å². The number of halogens is 1. The van der Waals surface area contributed by atoms with Gasteiger partial charge in [0.25, 0.3) is 0 Å². The van der Waals surface area contributed by atoms with Crippen LogP contribution in [0.5, 0.6) is 5.75 Å². The number of ether oxygens (including phenoxy) is 1. The van der Waals surface area contributed by atoms with Gasteiger partial charge in [0.1, 0.15) is 11.6 Å². The number of nitro groups is 1. The molecule has 0 spiro atoms. The number of rotatable bonds is 4. The summed E-state index contributed by atoms with van der Waals surface area (Å²) in [6, 6.07) is 6.45. The Morgan fingerprint density at radius 3 is 2.95 bits per heavy atom. The molecule has 6 nitrogen and oxygen atoms in total. The van der Waals surface area contributed by atoms with Gasteiger partial charge >= 0.3 is 5.69 Å². The van der Waals surface area contributed by atoms with Gasteiger partial charge in [-0.25, -0.2) is 0 Å². The molecule has 1 aliphatic carbocycles. The van der Waals surface area contributed by atoms with Crippen molar-refractivity contribution in [1.29, 1.82) is 5.26 Å². The maximum atomic E-state index is 11.0. The summed E-state index contributed by atoms with van der Waals surface area (Å²) in [6.07, 6.45) is 1.57. The third-order valence-corrected chi connectivity index (χ3v) is 3.81. The van der Waals surface area contributed by atoms with E-state index in [9.17, 15) is 15.4 Å². The SMILES string of the molecule is CNC1(C#N)CCC(Oc2cc(Cl)ccc2[N+](=O)[O-])C1. The lowest BCUT2D eigenvalue weighted by Gasteiger charge is -2.20. The van der Waals surface area contributed by atoms with Crippen LogP contribution in [-0.4, -0.2) is 23.6 Å². The largest absolute Gasteiger partial charge is 0.483 e. The number of nitriles is 1. The van der Waals surface area contributed by atoms with Crippen LogP contribution in [0.15, 0.2) is 18.2 Å². The predicted molar refractivity (Wildman–Crippen MR) is 73.8 cm³/mol. The fraction of sp³-hybridized carbons (Fsp3) is 0.462. The molecule has 1 fully saturated rings. The highest BCUT2D eigenvalue weighted by molar-refractivity contribution is 6.30. The second kappa shape index (κ2) is 5.65. The second-order valence-corrected chi connectivity index (χ2v) is 5.23. The minimum atomic E-state index is -0.613. The lowest BCUT2D eigenvalue weighted by Crippen LogP contribution is -2.39. The summed E-state index contributed by atoms with van der Waals surface area (Å²) in [5.74, 6) is 0.150. The minimum absolute atomic E-state index is 0.117. The van der Waals surface area contributed by atoms with E-state index in [2.05, 4.69) is 11.4 Å². The molecule has 0 radical (unpaired) electrons. The normalized spacial score (nSPS) is 25.1. The molecule has 1 saturated carbocycles. The highest BCUT2D eigenvalue weighted by Crippen LogP contribution is 2.36. The first-order valence-corrected chi connectivity index (χ1v) is 6.58. The fourth-order valence-electron chi connectivity index (χ4n) is 2.40. The van der Waals surface area contributed by atoms with Gasteiger partial charge in [-0.05, 0) is 26.0 Å². The lowest BCUT2D eigenvalue weighted by molar-refractivity contribution is -0.386. The predicted octanol–water partition coefficient (Wildman–Crippen LogP) is 2.66. The Morgan fingerprint density at radius 2 is 2.40 bits per heavy atom. The number of hydrogen-bond donors (Lipinski definition) is 1. The summed E-state index contributed by atoms with van der Waals surface area (Å²) in [4.78, 5) is 10.5. The molecule has 2 atom stereocenters. The van der Waals surface area contributed by atoms with Gasteiger partial charge in [-0.1, -0.05) is 11.6 Å². The molecule has 0 bridgehead atoms. The molecule has 0 saturated heterocycles. The molecule has 0 aliphatic heterocycles. The maximum Gasteiger partial charge on any atom is 0.311 e. The average molecular weight is 296 g/mol. The van der Waals surface area contributed by atoms with Crippen molar-refractivity contribution >= 4 is 17.3 Å². The fourth-order valence-corrected chi connectivity index (χ4v) is 2.56. The molecule has 1 aliphatic rings. The Kier molecular flexibility index (Phi) is 4.12. The van der Waals surface area contributed by atoms with Gasteiger partial charge in [-0.2, -0.15) is 5.26 Å². The Labute approximate surface area is 121 Å². The topological polar surface area (TPSA) is 88.2 Å². The standard InChI is InChI=1S/C13H14ClN3O3/c1-16-13(8-15)5-4-10(7-13)20-12-6-9(14)2-3-11(12)17(18)19/h2-3,6,10,16H,4-5,7H2,1H3. The van der Waals surface area contributed by atoms with Gasteiger partial charge in [0.2, 0.25) is 0 Å². The molecule has 1 aromatic carbocycles. The van der Waals surface area contributed by atoms with Crippen molar-refractivity contribution < 1.29 is 9.66 Å². The summed E-state index contributed by atoms with van der Waals surface area (Å²) in [5.41, 5.74) is -0.730. The van der Waals surface area contributed by atoms with Crippen LogP contribution < -0.4 is 10.1 Å². The molecule has 0 heterocycles. The van der Waals surface area contributed by atoms with E-state index >= 15 is 0 Å². The van der Waals surface area contributed by atoms with Crippen LogP contribution in [0.1, 0.15) is 19.3 Å². The second-order valence-electron chi connectivity index (χ2n) is 4.80. The van der Waals surface area contributed by atoms with Gasteiger partial charge in [-0.15, -0.1) is 0 Å². The van der Waals surface area contributed by atoms with Crippen molar-refractivity contribution in [2.75, 3.05) is 7.05 Å². The molecule has 0 amide bonds. The van der Waals surface area contributed by atoms with Crippen LogP contribution in [0.3, 0.4) is 0 Å². The quantitative estimate of drug-likeness (QED) is 0.681. The molecule has 0 aromatic heterocycles. The first-order chi connectivity index (χ1) is 9.49. The zero-order valence-corrected chi connectivity index (χ0v) is 11.7. The van der Waals surface area contributed by atoms with Crippen molar-refractivity contribution in [2.24, 2.45) is 0 Å². The van der Waals surface area contributed by atoms with E-state index in [1.807, 2.05) is 0 Å². The first kappa shape index (κ1) is 14.6. The number of benzene rings is 1. The third kappa shape index (κ3) is 2.84. The lowest BCUT2D eigenvalue weighted by atomic mass is 10.0. The average Bonchev–Trinajstić information content (AvgIpc) is 2.82. The van der Waals surface area contributed by atoms with Crippen molar-refractivity contribution in [3.63, 3.8) is 0 Å². The van der Waals surface area contributed by atoms with Crippen molar-refractivity contribution in [3.8, 4) is 11.8 Å². The number of nitrogens with zero attached hydrogens (tertiary/aromatic N) is 2. The number of hydrogen-bond acceptors (Lipinski definition) is 5. The van der Waals surface area contributed by atoms with E-state index in [1.54, 1.807) is 7.05 Å². The number of nitrogens with one attached hydrogen (secondary N) is 1. The van der Waals surface area contributed by atoms with Gasteiger partial charge in [0.15, 0.2) is 5.75 Å². The molecular formula is C13H14ClN3O3. The molecule has 1 N–H and O–H groups in total. The van der Waals surface area contributed by atoms with Crippen molar-refractivity contribution in [1.82, 2.24) is 5.32 Å². The smallest absolute Gasteiger partial charge is 0.311 e. The van der Waals surface area contributed by atoms with E-state index in [0.29, 0.717) is 24.3 Å². The van der Waals surface area contributed by atoms with E-state index in [-0.39, 0.29) is 17.5 Å². The van der Waals surface area contributed by atoms with Gasteiger partial charge < -0.3 is 10.1 Å². The highest BCUT2D eigenvalue weighted by atomic mass is 35.5. The highest BCUT2D eigenvalue weighted by Gasteiger charge is 2.40. The Bertz CT molecular complexity index is 572. The maximum absolute atomic E-state index is 11.0. The Hall–Kier alpha value is -1.84. The molecule has 106 valence electrons. The summed E-state index contributed by atoms with van der Waals surface area (Å²) < 4.78 is 5.69. The van der Waals surface area contributed by atoms with Crippen LogP contribution in [-0.2, 0) is 0 Å². The monoisotopic (exact) mass is 295 g/mol. The van der Waals surface area contributed by atoms with Crippen LogP contribution in [0.2, 0.25) is 5.02 Å². The van der Waals surface area contributed by atoms with Crippen molar-refractivity contribution in [2.45, 2.75) is 30.9 Å². The summed E-state index contributed by atoms with van der Waals surface area (Å²) in [7, 11) is 1.73. The summed E-state index contributed by atoms with van der Waals surface area (Å²) in [6.45, 7) is 0. The van der Waals surface area contributed by atoms with Gasteiger partial charge in [0, 0.05) is 23.6 Å². The molecular weight excluding hydrogens is 282 g/mol. The van der Waals surface area contributed by atoms with Crippen LogP contribution in [0, 0.1) is 21.4 Å². The third-order valence-electron chi connectivity index (χ3n) is 3.57. The zero-order chi connectivity index (χ0) is 14.8. The van der Waals surface area contributed by atoms with Crippen LogP contribution in [0.4, 0.5) is 5.69 Å².